The van der Waals surface area contributed by atoms with Crippen LogP contribution in [0.3, 0.4) is 0 Å². The monoisotopic (exact) mass is 241 g/mol. The number of halogens is 1. The summed E-state index contributed by atoms with van der Waals surface area (Å²) in [4.78, 5) is 0.152. The average Bonchev–Trinajstić information content (AvgIpc) is 2.19. The lowest BCUT2D eigenvalue weighted by Gasteiger charge is -2.11. The van der Waals surface area contributed by atoms with E-state index in [1.807, 2.05) is 0 Å². The number of rotatable bonds is 5. The molecular formula is C12H16FNOS. The van der Waals surface area contributed by atoms with Crippen LogP contribution >= 0.6 is 12.2 Å². The minimum absolute atomic E-state index is 0.152. The van der Waals surface area contributed by atoms with Crippen LogP contribution in [0.2, 0.25) is 0 Å². The van der Waals surface area contributed by atoms with Gasteiger partial charge in [-0.25, -0.2) is 4.39 Å². The summed E-state index contributed by atoms with van der Waals surface area (Å²) >= 11 is 4.84. The first kappa shape index (κ1) is 12.9. The Labute approximate surface area is 101 Å². The molecule has 0 unspecified atom stereocenters. The maximum Gasteiger partial charge on any atom is 0.129 e. The van der Waals surface area contributed by atoms with Crippen molar-refractivity contribution in [3.63, 3.8) is 0 Å². The first-order valence-electron chi connectivity index (χ1n) is 5.23. The fraction of sp³-hybridized carbons (Fsp3) is 0.417. The molecule has 88 valence electrons. The summed E-state index contributed by atoms with van der Waals surface area (Å²) in [5.41, 5.74) is 5.96. The SMILES string of the molecule is CC(C)CCOc1ccc(F)cc1C(N)=S. The second-order valence-electron chi connectivity index (χ2n) is 4.04. The Bertz CT molecular complexity index is 379. The van der Waals surface area contributed by atoms with E-state index in [2.05, 4.69) is 13.8 Å². The lowest BCUT2D eigenvalue weighted by atomic mass is 10.1. The molecule has 0 saturated carbocycles. The second kappa shape index (κ2) is 5.80. The van der Waals surface area contributed by atoms with E-state index in [0.717, 1.165) is 6.42 Å². The predicted molar refractivity (Wildman–Crippen MR) is 67.2 cm³/mol. The normalized spacial score (nSPS) is 10.5. The summed E-state index contributed by atoms with van der Waals surface area (Å²) in [7, 11) is 0. The van der Waals surface area contributed by atoms with Gasteiger partial charge in [0.2, 0.25) is 0 Å². The molecule has 0 aliphatic heterocycles. The summed E-state index contributed by atoms with van der Waals surface area (Å²) in [6.07, 6.45) is 0.939. The predicted octanol–water partition coefficient (Wildman–Crippen LogP) is 2.88. The van der Waals surface area contributed by atoms with E-state index in [1.54, 1.807) is 6.07 Å². The Morgan fingerprint density at radius 2 is 2.19 bits per heavy atom. The minimum Gasteiger partial charge on any atom is -0.493 e. The van der Waals surface area contributed by atoms with Gasteiger partial charge in [-0.05, 0) is 30.5 Å². The van der Waals surface area contributed by atoms with E-state index in [9.17, 15) is 4.39 Å². The standard InChI is InChI=1S/C12H16FNOS/c1-8(2)5-6-15-11-4-3-9(13)7-10(11)12(14)16/h3-4,7-8H,5-6H2,1-2H3,(H2,14,16). The Balaban J connectivity index is 2.75. The summed E-state index contributed by atoms with van der Waals surface area (Å²) in [5, 5.41) is 0. The summed E-state index contributed by atoms with van der Waals surface area (Å²) < 4.78 is 18.5. The van der Waals surface area contributed by atoms with Gasteiger partial charge in [-0.2, -0.15) is 0 Å². The molecule has 1 aromatic rings. The summed E-state index contributed by atoms with van der Waals surface area (Å²) in [5.74, 6) is 0.752. The van der Waals surface area contributed by atoms with Gasteiger partial charge in [-0.3, -0.25) is 0 Å². The van der Waals surface area contributed by atoms with Crippen molar-refractivity contribution in [2.24, 2.45) is 11.7 Å². The van der Waals surface area contributed by atoms with Crippen molar-refractivity contribution in [2.45, 2.75) is 20.3 Å². The number of benzene rings is 1. The lowest BCUT2D eigenvalue weighted by Crippen LogP contribution is -2.13. The molecule has 4 heteroatoms. The molecule has 0 spiro atoms. The molecule has 0 aromatic heterocycles. The fourth-order valence-electron chi connectivity index (χ4n) is 1.23. The third kappa shape index (κ3) is 3.77. The van der Waals surface area contributed by atoms with Gasteiger partial charge in [0.25, 0.3) is 0 Å². The van der Waals surface area contributed by atoms with Gasteiger partial charge in [0.1, 0.15) is 16.6 Å². The quantitative estimate of drug-likeness (QED) is 0.805. The van der Waals surface area contributed by atoms with E-state index in [4.69, 9.17) is 22.7 Å². The molecular weight excluding hydrogens is 225 g/mol. The second-order valence-corrected chi connectivity index (χ2v) is 4.48. The largest absolute Gasteiger partial charge is 0.493 e. The van der Waals surface area contributed by atoms with Crippen LogP contribution in [0.4, 0.5) is 4.39 Å². The first-order valence-corrected chi connectivity index (χ1v) is 5.63. The van der Waals surface area contributed by atoms with Crippen molar-refractivity contribution in [2.75, 3.05) is 6.61 Å². The van der Waals surface area contributed by atoms with Crippen molar-refractivity contribution in [1.29, 1.82) is 0 Å². The van der Waals surface area contributed by atoms with E-state index in [1.165, 1.54) is 12.1 Å². The van der Waals surface area contributed by atoms with E-state index in [0.29, 0.717) is 23.8 Å². The summed E-state index contributed by atoms with van der Waals surface area (Å²) in [6, 6.07) is 4.20. The minimum atomic E-state index is -0.362. The first-order chi connectivity index (χ1) is 7.50. The number of ether oxygens (including phenoxy) is 1. The Hall–Kier alpha value is -1.16. The molecule has 0 atom stereocenters. The highest BCUT2D eigenvalue weighted by molar-refractivity contribution is 7.80. The van der Waals surface area contributed by atoms with Crippen molar-refractivity contribution in [3.05, 3.63) is 29.6 Å². The van der Waals surface area contributed by atoms with Crippen LogP contribution in [0.25, 0.3) is 0 Å². The zero-order chi connectivity index (χ0) is 12.1. The molecule has 0 bridgehead atoms. The van der Waals surface area contributed by atoms with Gasteiger partial charge in [-0.15, -0.1) is 0 Å². The molecule has 1 rings (SSSR count). The van der Waals surface area contributed by atoms with Crippen LogP contribution in [0, 0.1) is 11.7 Å². The molecule has 0 saturated heterocycles. The molecule has 0 fully saturated rings. The van der Waals surface area contributed by atoms with Crippen molar-refractivity contribution >= 4 is 17.2 Å². The third-order valence-electron chi connectivity index (χ3n) is 2.16. The lowest BCUT2D eigenvalue weighted by molar-refractivity contribution is 0.288. The van der Waals surface area contributed by atoms with Crippen LogP contribution < -0.4 is 10.5 Å². The molecule has 1 aromatic carbocycles. The number of hydrogen-bond acceptors (Lipinski definition) is 2. The van der Waals surface area contributed by atoms with Crippen molar-refractivity contribution < 1.29 is 9.13 Å². The van der Waals surface area contributed by atoms with Crippen molar-refractivity contribution in [1.82, 2.24) is 0 Å². The summed E-state index contributed by atoms with van der Waals surface area (Å²) in [6.45, 7) is 4.81. The van der Waals surface area contributed by atoms with Crippen LogP contribution in [0.5, 0.6) is 5.75 Å². The molecule has 0 radical (unpaired) electrons. The van der Waals surface area contributed by atoms with Gasteiger partial charge in [0.15, 0.2) is 0 Å². The molecule has 0 aliphatic carbocycles. The van der Waals surface area contributed by atoms with Gasteiger partial charge < -0.3 is 10.5 Å². The van der Waals surface area contributed by atoms with E-state index >= 15 is 0 Å². The van der Waals surface area contributed by atoms with Crippen LogP contribution in [-0.4, -0.2) is 11.6 Å². The third-order valence-corrected chi connectivity index (χ3v) is 2.38. The molecule has 16 heavy (non-hydrogen) atoms. The fourth-order valence-corrected chi connectivity index (χ4v) is 1.38. The van der Waals surface area contributed by atoms with Gasteiger partial charge in [0.05, 0.1) is 12.2 Å². The molecule has 0 heterocycles. The Morgan fingerprint density at radius 1 is 1.50 bits per heavy atom. The van der Waals surface area contributed by atoms with E-state index in [-0.39, 0.29) is 10.8 Å². The number of nitrogens with two attached hydrogens (primary N) is 1. The molecule has 2 nitrogen and oxygen atoms in total. The van der Waals surface area contributed by atoms with Crippen LogP contribution in [-0.2, 0) is 0 Å². The van der Waals surface area contributed by atoms with Crippen LogP contribution in [0.15, 0.2) is 18.2 Å². The maximum atomic E-state index is 13.0. The topological polar surface area (TPSA) is 35.2 Å². The van der Waals surface area contributed by atoms with E-state index < -0.39 is 0 Å². The maximum absolute atomic E-state index is 13.0. The van der Waals surface area contributed by atoms with Gasteiger partial charge in [-0.1, -0.05) is 26.1 Å². The number of hydrogen-bond donors (Lipinski definition) is 1. The van der Waals surface area contributed by atoms with Gasteiger partial charge >= 0.3 is 0 Å². The highest BCUT2D eigenvalue weighted by Crippen LogP contribution is 2.20. The number of thiocarbonyl (C=S) groups is 1. The molecule has 0 amide bonds. The Morgan fingerprint density at radius 3 is 2.75 bits per heavy atom. The van der Waals surface area contributed by atoms with Crippen LogP contribution in [0.1, 0.15) is 25.8 Å². The highest BCUT2D eigenvalue weighted by atomic mass is 32.1. The molecule has 2 N–H and O–H groups in total. The van der Waals surface area contributed by atoms with Crippen molar-refractivity contribution in [3.8, 4) is 5.75 Å². The average molecular weight is 241 g/mol. The zero-order valence-corrected chi connectivity index (χ0v) is 10.3. The zero-order valence-electron chi connectivity index (χ0n) is 9.50. The molecule has 0 aliphatic rings. The highest BCUT2D eigenvalue weighted by Gasteiger charge is 2.08. The van der Waals surface area contributed by atoms with Gasteiger partial charge in [0, 0.05) is 0 Å². The smallest absolute Gasteiger partial charge is 0.129 e. The Kier molecular flexibility index (Phi) is 4.68.